The van der Waals surface area contributed by atoms with Gasteiger partial charge in [-0.3, -0.25) is 4.79 Å². The van der Waals surface area contributed by atoms with Crippen molar-refractivity contribution in [1.82, 2.24) is 4.90 Å². The zero-order valence-corrected chi connectivity index (χ0v) is 14.2. The molecule has 112 valence electrons. The molecule has 3 atom stereocenters. The van der Waals surface area contributed by atoms with Gasteiger partial charge in [0.15, 0.2) is 4.87 Å². The molecule has 3 rings (SSSR count). The number of Topliss-reactive ketones (excluding diaryl/α,β-unsaturated/α-hetero) is 1. The summed E-state index contributed by atoms with van der Waals surface area (Å²) in [6, 6.07) is 0. The van der Waals surface area contributed by atoms with Crippen LogP contribution < -0.4 is 0 Å². The number of hydrogen-bond acceptors (Lipinski definition) is 5. The fourth-order valence-corrected chi connectivity index (χ4v) is 4.32. The maximum Gasteiger partial charge on any atom is 0.237 e. The average molecular weight is 434 g/mol. The van der Waals surface area contributed by atoms with Crippen molar-refractivity contribution < 1.29 is 19.4 Å². The number of allylic oxidation sites excluding steroid dienone is 1. The van der Waals surface area contributed by atoms with Crippen LogP contribution in [0.5, 0.6) is 0 Å². The molecule has 3 aliphatic rings. The molecule has 0 amide bonds. The highest BCUT2D eigenvalue weighted by molar-refractivity contribution is 14.1. The van der Waals surface area contributed by atoms with Crippen LogP contribution in [0.1, 0.15) is 6.42 Å². The van der Waals surface area contributed by atoms with E-state index in [4.69, 9.17) is 32.7 Å². The molecule has 5 nitrogen and oxygen atoms in total. The van der Waals surface area contributed by atoms with Crippen molar-refractivity contribution in [3.8, 4) is 0 Å². The lowest BCUT2D eigenvalue weighted by atomic mass is 9.95. The van der Waals surface area contributed by atoms with E-state index in [9.17, 15) is 9.90 Å². The summed E-state index contributed by atoms with van der Waals surface area (Å²) in [4.78, 5) is 12.7. The quantitative estimate of drug-likeness (QED) is 0.524. The number of carbonyl (C=O) groups is 1. The molecule has 1 N–H and O–H groups in total. The third-order valence-electron chi connectivity index (χ3n) is 3.97. The standard InChI is InChI=1S/C12H14Cl2INO4/c13-8-9(16-1-3-19-4-2-16)12(18)11(14,10(8)17)5-7(6-15)20-12/h7,18H,1-6H2/t7-,11+,12+/m0/s1. The van der Waals surface area contributed by atoms with E-state index in [-0.39, 0.29) is 17.6 Å². The lowest BCUT2D eigenvalue weighted by molar-refractivity contribution is -0.183. The molecule has 0 bridgehead atoms. The molecule has 0 aromatic heterocycles. The van der Waals surface area contributed by atoms with Crippen LogP contribution in [0.3, 0.4) is 0 Å². The Hall–Kier alpha value is 0.400. The average Bonchev–Trinajstić information content (AvgIpc) is 2.78. The number of ketones is 1. The molecule has 2 heterocycles. The lowest BCUT2D eigenvalue weighted by Crippen LogP contribution is -2.53. The van der Waals surface area contributed by atoms with Crippen molar-refractivity contribution in [2.24, 2.45) is 0 Å². The number of nitrogens with zero attached hydrogens (tertiary/aromatic N) is 1. The van der Waals surface area contributed by atoms with Gasteiger partial charge >= 0.3 is 0 Å². The summed E-state index contributed by atoms with van der Waals surface area (Å²) in [7, 11) is 0. The molecule has 0 spiro atoms. The van der Waals surface area contributed by atoms with E-state index in [1.54, 1.807) is 0 Å². The van der Waals surface area contributed by atoms with E-state index in [0.29, 0.717) is 36.4 Å². The minimum atomic E-state index is -1.84. The Kier molecular flexibility index (Phi) is 4.01. The Morgan fingerprint density at radius 3 is 2.70 bits per heavy atom. The Labute approximate surface area is 140 Å². The van der Waals surface area contributed by atoms with Crippen LogP contribution >= 0.6 is 45.8 Å². The summed E-state index contributed by atoms with van der Waals surface area (Å²) in [5.41, 5.74) is 0.301. The number of ether oxygens (including phenoxy) is 2. The van der Waals surface area contributed by atoms with E-state index < -0.39 is 16.4 Å². The summed E-state index contributed by atoms with van der Waals surface area (Å²) in [6.45, 7) is 2.13. The third-order valence-corrected chi connectivity index (χ3v) is 5.89. The summed E-state index contributed by atoms with van der Waals surface area (Å²) in [5.74, 6) is -2.28. The minimum absolute atomic E-state index is 0.0173. The Balaban J connectivity index is 2.02. The Morgan fingerprint density at radius 1 is 1.45 bits per heavy atom. The Morgan fingerprint density at radius 2 is 2.10 bits per heavy atom. The van der Waals surface area contributed by atoms with Gasteiger partial charge in [0.1, 0.15) is 5.03 Å². The zero-order valence-electron chi connectivity index (χ0n) is 10.6. The van der Waals surface area contributed by atoms with Crippen molar-refractivity contribution in [2.75, 3.05) is 30.7 Å². The molecule has 0 radical (unpaired) electrons. The van der Waals surface area contributed by atoms with Gasteiger partial charge in [-0.25, -0.2) is 0 Å². The summed E-state index contributed by atoms with van der Waals surface area (Å²) in [6.07, 6.45) is -0.000441. The first-order valence-corrected chi connectivity index (χ1v) is 8.65. The number of morpholine rings is 1. The maximum atomic E-state index is 12.4. The normalized spacial score (nSPS) is 41.5. The summed E-state index contributed by atoms with van der Waals surface area (Å²) < 4.78 is 11.6. The van der Waals surface area contributed by atoms with Crippen molar-refractivity contribution in [2.45, 2.75) is 23.2 Å². The maximum absolute atomic E-state index is 12.4. The van der Waals surface area contributed by atoms with Crippen LogP contribution in [0.4, 0.5) is 0 Å². The summed E-state index contributed by atoms with van der Waals surface area (Å²) in [5, 5.41) is 10.9. The lowest BCUT2D eigenvalue weighted by Gasteiger charge is -2.38. The first-order valence-electron chi connectivity index (χ1n) is 6.37. The number of carbonyl (C=O) groups excluding carboxylic acids is 1. The number of halogens is 3. The first kappa shape index (κ1) is 15.3. The van der Waals surface area contributed by atoms with Gasteiger partial charge in [-0.2, -0.15) is 0 Å². The van der Waals surface area contributed by atoms with E-state index in [2.05, 4.69) is 22.6 Å². The van der Waals surface area contributed by atoms with Gasteiger partial charge < -0.3 is 19.5 Å². The number of hydrogen-bond donors (Lipinski definition) is 1. The number of aliphatic hydroxyl groups is 1. The van der Waals surface area contributed by atoms with Gasteiger partial charge in [-0.05, 0) is 0 Å². The van der Waals surface area contributed by atoms with Gasteiger partial charge in [-0.15, -0.1) is 11.6 Å². The highest BCUT2D eigenvalue weighted by Gasteiger charge is 2.71. The molecule has 2 aliphatic heterocycles. The van der Waals surface area contributed by atoms with Crippen molar-refractivity contribution in [3.63, 3.8) is 0 Å². The second-order valence-corrected chi connectivity index (χ2v) is 7.04. The van der Waals surface area contributed by atoms with Gasteiger partial charge in [0.2, 0.25) is 11.6 Å². The summed E-state index contributed by atoms with van der Waals surface area (Å²) >= 11 is 14.7. The smallest absolute Gasteiger partial charge is 0.237 e. The SMILES string of the molecule is O=C1C(Cl)=C(N2CCOCC2)[C@@]2(O)O[C@H](CI)C[C@@]12Cl. The second kappa shape index (κ2) is 5.24. The van der Waals surface area contributed by atoms with Crippen molar-refractivity contribution in [3.05, 3.63) is 10.7 Å². The molecule has 0 aromatic carbocycles. The first-order chi connectivity index (χ1) is 9.44. The van der Waals surface area contributed by atoms with Crippen LogP contribution in [0.15, 0.2) is 10.7 Å². The molecule has 1 aliphatic carbocycles. The van der Waals surface area contributed by atoms with Crippen molar-refractivity contribution >= 4 is 51.6 Å². The fraction of sp³-hybridized carbons (Fsp3) is 0.750. The van der Waals surface area contributed by atoms with E-state index >= 15 is 0 Å². The predicted octanol–water partition coefficient (Wildman–Crippen LogP) is 1.24. The molecular weight excluding hydrogens is 420 g/mol. The molecule has 2 saturated heterocycles. The highest BCUT2D eigenvalue weighted by atomic mass is 127. The Bertz CT molecular complexity index is 482. The van der Waals surface area contributed by atoms with Crippen LogP contribution in [-0.2, 0) is 14.3 Å². The van der Waals surface area contributed by atoms with E-state index in [0.717, 1.165) is 0 Å². The predicted molar refractivity (Wildman–Crippen MR) is 82.2 cm³/mol. The zero-order chi connectivity index (χ0) is 14.5. The monoisotopic (exact) mass is 433 g/mol. The molecule has 8 heteroatoms. The van der Waals surface area contributed by atoms with Gasteiger partial charge in [0.05, 0.1) is 25.0 Å². The molecule has 20 heavy (non-hydrogen) atoms. The molecule has 0 unspecified atom stereocenters. The third kappa shape index (κ3) is 1.95. The topological polar surface area (TPSA) is 59.0 Å². The van der Waals surface area contributed by atoms with Gasteiger partial charge in [-0.1, -0.05) is 34.2 Å². The molecule has 0 saturated carbocycles. The number of fused-ring (bicyclic) bond motifs is 1. The number of alkyl halides is 2. The van der Waals surface area contributed by atoms with E-state index in [1.807, 2.05) is 4.90 Å². The molecular formula is C12H14Cl2INO4. The number of rotatable bonds is 2. The van der Waals surface area contributed by atoms with Gasteiger partial charge in [0.25, 0.3) is 0 Å². The van der Waals surface area contributed by atoms with E-state index in [1.165, 1.54) is 0 Å². The van der Waals surface area contributed by atoms with Crippen LogP contribution in [-0.4, -0.2) is 63.3 Å². The van der Waals surface area contributed by atoms with Crippen LogP contribution in [0, 0.1) is 0 Å². The molecule has 2 fully saturated rings. The molecule has 0 aromatic rings. The fourth-order valence-electron chi connectivity index (χ4n) is 2.97. The van der Waals surface area contributed by atoms with Crippen LogP contribution in [0.25, 0.3) is 0 Å². The largest absolute Gasteiger partial charge is 0.378 e. The van der Waals surface area contributed by atoms with Crippen molar-refractivity contribution in [1.29, 1.82) is 0 Å². The highest BCUT2D eigenvalue weighted by Crippen LogP contribution is 2.56. The van der Waals surface area contributed by atoms with Crippen LogP contribution in [0.2, 0.25) is 0 Å². The second-order valence-electron chi connectivity index (χ2n) is 5.13. The van der Waals surface area contributed by atoms with Gasteiger partial charge in [0, 0.05) is 23.9 Å². The minimum Gasteiger partial charge on any atom is -0.378 e.